The summed E-state index contributed by atoms with van der Waals surface area (Å²) in [6.07, 6.45) is 12.1. The third-order valence-electron chi connectivity index (χ3n) is 5.79. The highest BCUT2D eigenvalue weighted by Gasteiger charge is 2.50. The second-order valence-electron chi connectivity index (χ2n) is 7.53. The molecule has 3 atom stereocenters. The molecule has 0 radical (unpaired) electrons. The number of quaternary nitrogens is 1. The number of hydrogen-bond acceptors (Lipinski definition) is 4. The lowest BCUT2D eigenvalue weighted by Crippen LogP contribution is -2.72. The lowest BCUT2D eigenvalue weighted by Gasteiger charge is -2.49. The predicted octanol–water partition coefficient (Wildman–Crippen LogP) is 2.58. The van der Waals surface area contributed by atoms with Crippen molar-refractivity contribution in [3.05, 3.63) is 12.2 Å². The molecule has 0 aliphatic carbocycles. The van der Waals surface area contributed by atoms with E-state index in [2.05, 4.69) is 19.1 Å². The Morgan fingerprint density at radius 2 is 1.29 bits per heavy atom. The number of nitrogens with zero attached hydrogens (tertiary/aromatic N) is 1. The number of carbonyl (C=O) groups excluding carboxylic acids is 1. The maximum atomic E-state index is 11.7. The molecule has 0 heterocycles. The average Bonchev–Trinajstić information content (AvgIpc) is 2.64. The molecule has 0 aromatic rings. The van der Waals surface area contributed by atoms with Crippen molar-refractivity contribution < 1.29 is 34.2 Å². The van der Waals surface area contributed by atoms with Crippen molar-refractivity contribution in [1.82, 2.24) is 0 Å². The number of rotatable bonds is 16. The van der Waals surface area contributed by atoms with Gasteiger partial charge in [0.25, 0.3) is 0 Å². The van der Waals surface area contributed by atoms with Gasteiger partial charge in [-0.25, -0.2) is 9.59 Å². The summed E-state index contributed by atoms with van der Waals surface area (Å²) in [5, 5.41) is 30.6. The van der Waals surface area contributed by atoms with Gasteiger partial charge >= 0.3 is 11.9 Å². The van der Waals surface area contributed by atoms with Crippen LogP contribution in [-0.2, 0) is 14.4 Å². The van der Waals surface area contributed by atoms with Crippen molar-refractivity contribution in [2.75, 3.05) is 6.54 Å². The molecule has 0 aliphatic heterocycles. The van der Waals surface area contributed by atoms with Gasteiger partial charge in [0.15, 0.2) is 12.1 Å². The van der Waals surface area contributed by atoms with Crippen LogP contribution in [0.5, 0.6) is 0 Å². The van der Waals surface area contributed by atoms with Crippen molar-refractivity contribution in [3.63, 3.8) is 0 Å². The minimum absolute atomic E-state index is 0.176. The van der Waals surface area contributed by atoms with Gasteiger partial charge in [-0.3, -0.25) is 4.48 Å². The number of aliphatic carboxylic acids is 3. The van der Waals surface area contributed by atoms with Crippen LogP contribution in [0.4, 0.5) is 0 Å². The van der Waals surface area contributed by atoms with Crippen LogP contribution in [0.25, 0.3) is 0 Å². The molecule has 162 valence electrons. The molecule has 0 aromatic carbocycles. The standard InChI is InChI=1S/C21H37NO6/c1-5-6-7-8-9-10-11-12-13-14-15-22(16(2)19(23)24,17(3)20(25)26)18(4)21(27)28/h6-7,16-18H,5,8-15H2,1-4H3,(H2-,23,24,25,26,27,28)/b7-6+. The first kappa shape index (κ1) is 26.1. The first-order valence-corrected chi connectivity index (χ1v) is 10.3. The molecule has 0 saturated carbocycles. The first-order chi connectivity index (χ1) is 13.1. The summed E-state index contributed by atoms with van der Waals surface area (Å²) < 4.78 is -0.547. The normalized spacial score (nSPS) is 17.0. The largest absolute Gasteiger partial charge is 0.544 e. The molecule has 7 nitrogen and oxygen atoms in total. The van der Waals surface area contributed by atoms with E-state index in [9.17, 15) is 29.7 Å². The van der Waals surface area contributed by atoms with Crippen LogP contribution in [0.2, 0.25) is 0 Å². The van der Waals surface area contributed by atoms with Gasteiger partial charge in [-0.05, 0) is 52.9 Å². The Morgan fingerprint density at radius 3 is 1.71 bits per heavy atom. The maximum Gasteiger partial charge on any atom is 0.362 e. The fraction of sp³-hybridized carbons (Fsp3) is 0.762. The van der Waals surface area contributed by atoms with E-state index in [1.54, 1.807) is 0 Å². The van der Waals surface area contributed by atoms with Crippen LogP contribution >= 0.6 is 0 Å². The van der Waals surface area contributed by atoms with Crippen LogP contribution in [0.3, 0.4) is 0 Å². The highest BCUT2D eigenvalue weighted by molar-refractivity contribution is 5.76. The zero-order valence-corrected chi connectivity index (χ0v) is 17.7. The number of unbranched alkanes of at least 4 members (excludes halogenated alkanes) is 6. The summed E-state index contributed by atoms with van der Waals surface area (Å²) in [6, 6.07) is -3.56. The van der Waals surface area contributed by atoms with Crippen molar-refractivity contribution in [3.8, 4) is 0 Å². The number of carboxylic acids is 3. The van der Waals surface area contributed by atoms with Gasteiger partial charge < -0.3 is 20.1 Å². The quantitative estimate of drug-likeness (QED) is 0.234. The summed E-state index contributed by atoms with van der Waals surface area (Å²) in [5.74, 6) is -3.84. The Labute approximate surface area is 168 Å². The fourth-order valence-electron chi connectivity index (χ4n) is 3.83. The summed E-state index contributed by atoms with van der Waals surface area (Å²) in [4.78, 5) is 34.9. The van der Waals surface area contributed by atoms with E-state index >= 15 is 0 Å². The van der Waals surface area contributed by atoms with Gasteiger partial charge in [-0.1, -0.05) is 38.3 Å². The summed E-state index contributed by atoms with van der Waals surface area (Å²) >= 11 is 0. The van der Waals surface area contributed by atoms with Gasteiger partial charge in [-0.15, -0.1) is 0 Å². The topological polar surface area (TPSA) is 115 Å². The molecule has 0 amide bonds. The molecule has 0 fully saturated rings. The Kier molecular flexibility index (Phi) is 12.4. The highest BCUT2D eigenvalue weighted by Crippen LogP contribution is 2.27. The number of carbonyl (C=O) groups is 3. The molecule has 0 bridgehead atoms. The van der Waals surface area contributed by atoms with Gasteiger partial charge in [-0.2, -0.15) is 0 Å². The lowest BCUT2D eigenvalue weighted by molar-refractivity contribution is -0.969. The van der Waals surface area contributed by atoms with E-state index in [1.807, 2.05) is 0 Å². The summed E-state index contributed by atoms with van der Waals surface area (Å²) in [7, 11) is 0. The van der Waals surface area contributed by atoms with E-state index in [4.69, 9.17) is 0 Å². The molecular weight excluding hydrogens is 362 g/mol. The van der Waals surface area contributed by atoms with Crippen LogP contribution in [0.15, 0.2) is 12.2 Å². The predicted molar refractivity (Wildman–Crippen MR) is 106 cm³/mol. The van der Waals surface area contributed by atoms with E-state index in [0.717, 1.165) is 44.9 Å². The SMILES string of the molecule is CC/C=C/CCCCCCCC[N+](C(C)C(=O)[O-])(C(C)C(=O)O)C(C)C(=O)O. The first-order valence-electron chi connectivity index (χ1n) is 10.3. The molecule has 0 aliphatic rings. The Morgan fingerprint density at radius 1 is 0.821 bits per heavy atom. The monoisotopic (exact) mass is 399 g/mol. The van der Waals surface area contributed by atoms with E-state index in [-0.39, 0.29) is 6.54 Å². The molecule has 7 heteroatoms. The maximum absolute atomic E-state index is 11.7. The van der Waals surface area contributed by atoms with Crippen molar-refractivity contribution in [2.24, 2.45) is 0 Å². The molecule has 3 unspecified atom stereocenters. The molecule has 0 saturated heterocycles. The minimum atomic E-state index is -1.43. The zero-order chi connectivity index (χ0) is 21.7. The molecule has 0 spiro atoms. The number of allylic oxidation sites excluding steroid dienone is 2. The lowest BCUT2D eigenvalue weighted by atomic mass is 10.00. The average molecular weight is 400 g/mol. The fourth-order valence-corrected chi connectivity index (χ4v) is 3.83. The van der Waals surface area contributed by atoms with Gasteiger partial charge in [0.05, 0.1) is 12.5 Å². The Hall–Kier alpha value is -1.89. The smallest absolute Gasteiger partial charge is 0.362 e. The molecule has 0 rings (SSSR count). The van der Waals surface area contributed by atoms with Crippen LogP contribution in [-0.4, -0.2) is 57.3 Å². The molecule has 2 N–H and O–H groups in total. The van der Waals surface area contributed by atoms with Gasteiger partial charge in [0.1, 0.15) is 6.04 Å². The van der Waals surface area contributed by atoms with Crippen molar-refractivity contribution in [2.45, 2.75) is 97.2 Å². The van der Waals surface area contributed by atoms with E-state index < -0.39 is 40.5 Å². The highest BCUT2D eigenvalue weighted by atomic mass is 16.4. The number of hydrogen-bond donors (Lipinski definition) is 2. The summed E-state index contributed by atoms with van der Waals surface area (Å²) in [5.41, 5.74) is 0. The Balaban J connectivity index is 4.95. The van der Waals surface area contributed by atoms with Crippen LogP contribution < -0.4 is 5.11 Å². The number of carboxylic acid groups (broad SMARTS) is 3. The van der Waals surface area contributed by atoms with E-state index in [1.165, 1.54) is 20.8 Å². The third kappa shape index (κ3) is 7.62. The van der Waals surface area contributed by atoms with Crippen LogP contribution in [0, 0.1) is 0 Å². The Bertz CT molecular complexity index is 481. The third-order valence-corrected chi connectivity index (χ3v) is 5.79. The minimum Gasteiger partial charge on any atom is -0.544 e. The second kappa shape index (κ2) is 13.3. The van der Waals surface area contributed by atoms with E-state index in [0.29, 0.717) is 6.42 Å². The van der Waals surface area contributed by atoms with Gasteiger partial charge in [0.2, 0.25) is 0 Å². The molecule has 0 aromatic heterocycles. The summed E-state index contributed by atoms with van der Waals surface area (Å²) in [6.45, 7) is 6.39. The molecule has 28 heavy (non-hydrogen) atoms. The second-order valence-corrected chi connectivity index (χ2v) is 7.53. The van der Waals surface area contributed by atoms with Gasteiger partial charge in [0, 0.05) is 0 Å². The van der Waals surface area contributed by atoms with Crippen molar-refractivity contribution in [1.29, 1.82) is 0 Å². The zero-order valence-electron chi connectivity index (χ0n) is 17.7. The van der Waals surface area contributed by atoms with Crippen LogP contribution in [0.1, 0.15) is 79.1 Å². The molecular formula is C21H37NO6. The van der Waals surface area contributed by atoms with Crippen molar-refractivity contribution >= 4 is 17.9 Å².